The van der Waals surface area contributed by atoms with Crippen molar-refractivity contribution in [3.05, 3.63) is 53.7 Å². The first-order valence-electron chi connectivity index (χ1n) is 5.62. The summed E-state index contributed by atoms with van der Waals surface area (Å²) < 4.78 is 0. The van der Waals surface area contributed by atoms with Crippen molar-refractivity contribution in [3.8, 4) is 6.07 Å². The Morgan fingerprint density at radius 1 is 1.32 bits per heavy atom. The van der Waals surface area contributed by atoms with E-state index in [0.717, 1.165) is 11.3 Å². The Hall–Kier alpha value is -2.87. The largest absolute Gasteiger partial charge is 0.478 e. The number of hydrogen-bond donors (Lipinski definition) is 2. The van der Waals surface area contributed by atoms with Gasteiger partial charge in [0.15, 0.2) is 0 Å². The third-order valence-electron chi connectivity index (χ3n) is 2.54. The highest BCUT2D eigenvalue weighted by Crippen LogP contribution is 2.18. The van der Waals surface area contributed by atoms with Gasteiger partial charge in [-0.1, -0.05) is 12.1 Å². The Balaban J connectivity index is 2.22. The fourth-order valence-electron chi connectivity index (χ4n) is 1.61. The fourth-order valence-corrected chi connectivity index (χ4v) is 1.61. The maximum absolute atomic E-state index is 11.0. The van der Waals surface area contributed by atoms with Crippen LogP contribution in [0.4, 0.5) is 11.5 Å². The highest BCUT2D eigenvalue weighted by Gasteiger charge is 2.10. The average Bonchev–Trinajstić information content (AvgIpc) is 2.42. The SMILES string of the molecule is N#CCc1ccc(Nc2ncccc2C(=O)O)cc1. The Kier molecular flexibility index (Phi) is 3.74. The maximum Gasteiger partial charge on any atom is 0.339 e. The normalized spacial score (nSPS) is 9.63. The molecule has 94 valence electrons. The first-order valence-corrected chi connectivity index (χ1v) is 5.62. The summed E-state index contributed by atoms with van der Waals surface area (Å²) >= 11 is 0. The minimum atomic E-state index is -1.03. The molecule has 19 heavy (non-hydrogen) atoms. The highest BCUT2D eigenvalue weighted by atomic mass is 16.4. The van der Waals surface area contributed by atoms with Crippen LogP contribution in [0.1, 0.15) is 15.9 Å². The summed E-state index contributed by atoms with van der Waals surface area (Å²) in [4.78, 5) is 15.0. The molecule has 1 aromatic heterocycles. The Morgan fingerprint density at radius 3 is 2.68 bits per heavy atom. The number of aromatic carboxylic acids is 1. The lowest BCUT2D eigenvalue weighted by Gasteiger charge is -2.08. The summed E-state index contributed by atoms with van der Waals surface area (Å²) in [6, 6.07) is 12.3. The zero-order valence-electron chi connectivity index (χ0n) is 10.00. The van der Waals surface area contributed by atoms with Gasteiger partial charge in [-0.05, 0) is 29.8 Å². The number of nitriles is 1. The number of nitrogens with one attached hydrogen (secondary N) is 1. The van der Waals surface area contributed by atoms with Crippen LogP contribution in [0.3, 0.4) is 0 Å². The van der Waals surface area contributed by atoms with E-state index in [9.17, 15) is 4.79 Å². The fraction of sp³-hybridized carbons (Fsp3) is 0.0714. The monoisotopic (exact) mass is 253 g/mol. The third-order valence-corrected chi connectivity index (χ3v) is 2.54. The van der Waals surface area contributed by atoms with Crippen molar-refractivity contribution in [2.45, 2.75) is 6.42 Å². The molecule has 0 aliphatic carbocycles. The molecule has 5 nitrogen and oxygen atoms in total. The molecule has 2 aromatic rings. The highest BCUT2D eigenvalue weighted by molar-refractivity contribution is 5.93. The minimum Gasteiger partial charge on any atom is -0.478 e. The number of anilines is 2. The minimum absolute atomic E-state index is 0.114. The van der Waals surface area contributed by atoms with Crippen molar-refractivity contribution in [2.24, 2.45) is 0 Å². The second-order valence-electron chi connectivity index (χ2n) is 3.86. The number of aromatic nitrogens is 1. The predicted molar refractivity (Wildman–Crippen MR) is 70.2 cm³/mol. The molecule has 0 unspecified atom stereocenters. The molecule has 0 radical (unpaired) electrons. The van der Waals surface area contributed by atoms with Gasteiger partial charge >= 0.3 is 5.97 Å². The summed E-state index contributed by atoms with van der Waals surface area (Å²) in [6.07, 6.45) is 1.88. The quantitative estimate of drug-likeness (QED) is 0.874. The molecule has 0 aliphatic rings. The van der Waals surface area contributed by atoms with Crippen LogP contribution in [-0.4, -0.2) is 16.1 Å². The molecule has 1 aromatic carbocycles. The molecular weight excluding hydrogens is 242 g/mol. The molecule has 0 amide bonds. The standard InChI is InChI=1S/C14H11N3O2/c15-8-7-10-3-5-11(6-4-10)17-13-12(14(18)19)2-1-9-16-13/h1-6,9H,7H2,(H,16,17)(H,18,19). The second-order valence-corrected chi connectivity index (χ2v) is 3.86. The number of carboxylic acids is 1. The number of pyridine rings is 1. The zero-order chi connectivity index (χ0) is 13.7. The average molecular weight is 253 g/mol. The predicted octanol–water partition coefficient (Wildman–Crippen LogP) is 2.59. The Labute approximate surface area is 110 Å². The van der Waals surface area contributed by atoms with E-state index in [1.165, 1.54) is 12.3 Å². The van der Waals surface area contributed by atoms with E-state index in [2.05, 4.69) is 16.4 Å². The molecule has 5 heteroatoms. The summed E-state index contributed by atoms with van der Waals surface area (Å²) in [5.74, 6) is -0.736. The van der Waals surface area contributed by atoms with E-state index in [0.29, 0.717) is 12.2 Å². The first kappa shape index (κ1) is 12.6. The molecule has 0 saturated carbocycles. The molecule has 0 atom stereocenters. The molecule has 0 saturated heterocycles. The third kappa shape index (κ3) is 3.07. The van der Waals surface area contributed by atoms with Gasteiger partial charge in [-0.2, -0.15) is 5.26 Å². The summed E-state index contributed by atoms with van der Waals surface area (Å²) in [5.41, 5.74) is 1.75. The molecule has 1 heterocycles. The topological polar surface area (TPSA) is 86.0 Å². The first-order chi connectivity index (χ1) is 9.20. The number of rotatable bonds is 4. The van der Waals surface area contributed by atoms with Crippen molar-refractivity contribution in [1.29, 1.82) is 5.26 Å². The lowest BCUT2D eigenvalue weighted by atomic mass is 10.1. The van der Waals surface area contributed by atoms with Crippen LogP contribution in [-0.2, 0) is 6.42 Å². The maximum atomic E-state index is 11.0. The molecule has 2 rings (SSSR count). The number of benzene rings is 1. The molecular formula is C14H11N3O2. The number of carbonyl (C=O) groups is 1. The van der Waals surface area contributed by atoms with E-state index < -0.39 is 5.97 Å². The van der Waals surface area contributed by atoms with Crippen molar-refractivity contribution in [2.75, 3.05) is 5.32 Å². The van der Waals surface area contributed by atoms with Gasteiger partial charge in [0.2, 0.25) is 0 Å². The van der Waals surface area contributed by atoms with Gasteiger partial charge in [-0.25, -0.2) is 9.78 Å². The van der Waals surface area contributed by atoms with E-state index in [4.69, 9.17) is 10.4 Å². The Morgan fingerprint density at radius 2 is 2.05 bits per heavy atom. The smallest absolute Gasteiger partial charge is 0.339 e. The van der Waals surface area contributed by atoms with Crippen LogP contribution in [0.2, 0.25) is 0 Å². The van der Waals surface area contributed by atoms with Crippen LogP contribution < -0.4 is 5.32 Å². The van der Waals surface area contributed by atoms with Crippen LogP contribution in [0.5, 0.6) is 0 Å². The van der Waals surface area contributed by atoms with Gasteiger partial charge in [-0.15, -0.1) is 0 Å². The van der Waals surface area contributed by atoms with Crippen LogP contribution in [0.25, 0.3) is 0 Å². The van der Waals surface area contributed by atoms with Gasteiger partial charge in [0, 0.05) is 11.9 Å². The van der Waals surface area contributed by atoms with Crippen LogP contribution in [0, 0.1) is 11.3 Å². The van der Waals surface area contributed by atoms with Gasteiger partial charge in [0.1, 0.15) is 11.4 Å². The molecule has 0 bridgehead atoms. The lowest BCUT2D eigenvalue weighted by Crippen LogP contribution is -2.04. The van der Waals surface area contributed by atoms with Crippen molar-refractivity contribution >= 4 is 17.5 Å². The van der Waals surface area contributed by atoms with E-state index in [-0.39, 0.29) is 5.56 Å². The van der Waals surface area contributed by atoms with Gasteiger partial charge < -0.3 is 10.4 Å². The molecule has 2 N–H and O–H groups in total. The van der Waals surface area contributed by atoms with Crippen LogP contribution in [0.15, 0.2) is 42.6 Å². The summed E-state index contributed by atoms with van der Waals surface area (Å²) in [6.45, 7) is 0. The van der Waals surface area contributed by atoms with Gasteiger partial charge in [0.25, 0.3) is 0 Å². The summed E-state index contributed by atoms with van der Waals surface area (Å²) in [5, 5.41) is 20.6. The van der Waals surface area contributed by atoms with E-state index in [1.54, 1.807) is 18.2 Å². The van der Waals surface area contributed by atoms with Crippen molar-refractivity contribution in [1.82, 2.24) is 4.98 Å². The van der Waals surface area contributed by atoms with Crippen molar-refractivity contribution in [3.63, 3.8) is 0 Å². The lowest BCUT2D eigenvalue weighted by molar-refractivity contribution is 0.0697. The van der Waals surface area contributed by atoms with Gasteiger partial charge in [0.05, 0.1) is 12.5 Å². The van der Waals surface area contributed by atoms with E-state index >= 15 is 0 Å². The van der Waals surface area contributed by atoms with Gasteiger partial charge in [-0.3, -0.25) is 0 Å². The zero-order valence-corrected chi connectivity index (χ0v) is 10.00. The number of hydrogen-bond acceptors (Lipinski definition) is 4. The number of nitrogens with zero attached hydrogens (tertiary/aromatic N) is 2. The Bertz CT molecular complexity index is 630. The number of carboxylic acid groups (broad SMARTS) is 1. The van der Waals surface area contributed by atoms with E-state index in [1.807, 2.05) is 12.1 Å². The second kappa shape index (κ2) is 5.65. The van der Waals surface area contributed by atoms with Crippen LogP contribution >= 0.6 is 0 Å². The summed E-state index contributed by atoms with van der Waals surface area (Å²) in [7, 11) is 0. The molecule has 0 spiro atoms. The molecule has 0 aliphatic heterocycles. The molecule has 0 fully saturated rings. The van der Waals surface area contributed by atoms with Crippen molar-refractivity contribution < 1.29 is 9.90 Å².